The molecule has 3 aromatic heterocycles. The zero-order valence-corrected chi connectivity index (χ0v) is 17.1. The maximum absolute atomic E-state index is 14.1. The number of nitrogens with one attached hydrogen (secondary N) is 2. The number of pyridine rings is 3. The number of hydrogen-bond acceptors (Lipinski definition) is 5. The van der Waals surface area contributed by atoms with Crippen LogP contribution in [0.2, 0.25) is 0 Å². The molecule has 0 unspecified atom stereocenters. The second-order valence-electron chi connectivity index (χ2n) is 7.05. The van der Waals surface area contributed by atoms with E-state index in [1.54, 1.807) is 48.8 Å². The van der Waals surface area contributed by atoms with Crippen LogP contribution < -0.4 is 10.6 Å². The van der Waals surface area contributed by atoms with Crippen molar-refractivity contribution in [2.75, 3.05) is 10.6 Å². The highest BCUT2D eigenvalue weighted by molar-refractivity contribution is 6.04. The lowest BCUT2D eigenvalue weighted by atomic mass is 10.1. The van der Waals surface area contributed by atoms with E-state index in [1.165, 1.54) is 12.3 Å². The summed E-state index contributed by atoms with van der Waals surface area (Å²) < 4.78 is 14.1. The molecule has 2 N–H and O–H groups in total. The van der Waals surface area contributed by atoms with E-state index in [2.05, 4.69) is 25.6 Å². The number of hydrogen-bond donors (Lipinski definition) is 2. The van der Waals surface area contributed by atoms with Crippen LogP contribution in [-0.4, -0.2) is 20.9 Å². The topological polar surface area (TPSA) is 79.8 Å². The summed E-state index contributed by atoms with van der Waals surface area (Å²) in [5.74, 6) is 0.472. The van der Waals surface area contributed by atoms with E-state index >= 15 is 0 Å². The summed E-state index contributed by atoms with van der Waals surface area (Å²) in [7, 11) is 0. The molecule has 0 aliphatic rings. The molecular weight excluding hydrogens is 393 g/mol. The number of nitrogens with zero attached hydrogens (tertiary/aromatic N) is 3. The highest BCUT2D eigenvalue weighted by atomic mass is 19.1. The van der Waals surface area contributed by atoms with Crippen molar-refractivity contribution in [3.05, 3.63) is 95.8 Å². The van der Waals surface area contributed by atoms with E-state index < -0.39 is 0 Å². The van der Waals surface area contributed by atoms with Crippen molar-refractivity contribution in [1.29, 1.82) is 0 Å². The SMILES string of the molecule is Cc1ccc(Nc2cc(C(=O)Nc3cncc(-c4ccccc4F)c3)ccn2)nc1C. The Labute approximate surface area is 179 Å². The van der Waals surface area contributed by atoms with Crippen LogP contribution in [0, 0.1) is 19.7 Å². The second kappa shape index (κ2) is 8.71. The quantitative estimate of drug-likeness (QED) is 0.465. The average Bonchev–Trinajstić information content (AvgIpc) is 2.77. The van der Waals surface area contributed by atoms with Crippen LogP contribution in [0.15, 0.2) is 73.2 Å². The summed E-state index contributed by atoms with van der Waals surface area (Å²) in [4.78, 5) is 25.6. The lowest BCUT2D eigenvalue weighted by Gasteiger charge is -2.10. The van der Waals surface area contributed by atoms with Crippen LogP contribution in [0.25, 0.3) is 11.1 Å². The molecule has 0 fully saturated rings. The highest BCUT2D eigenvalue weighted by Gasteiger charge is 2.11. The first-order valence-corrected chi connectivity index (χ1v) is 9.68. The van der Waals surface area contributed by atoms with Crippen LogP contribution in [0.5, 0.6) is 0 Å². The van der Waals surface area contributed by atoms with Gasteiger partial charge in [-0.15, -0.1) is 0 Å². The maximum atomic E-state index is 14.1. The lowest BCUT2D eigenvalue weighted by molar-refractivity contribution is 0.102. The molecule has 4 rings (SSSR count). The molecule has 0 saturated heterocycles. The van der Waals surface area contributed by atoms with E-state index in [4.69, 9.17) is 0 Å². The number of rotatable bonds is 5. The average molecular weight is 413 g/mol. The molecule has 0 aliphatic heterocycles. The molecule has 0 saturated carbocycles. The van der Waals surface area contributed by atoms with Gasteiger partial charge in [-0.05, 0) is 49.7 Å². The molecule has 0 spiro atoms. The van der Waals surface area contributed by atoms with Crippen molar-refractivity contribution in [2.45, 2.75) is 13.8 Å². The zero-order valence-electron chi connectivity index (χ0n) is 17.1. The van der Waals surface area contributed by atoms with Gasteiger partial charge >= 0.3 is 0 Å². The number of carbonyl (C=O) groups is 1. The molecular formula is C24H20FN5O. The molecule has 6 nitrogen and oxygen atoms in total. The molecule has 31 heavy (non-hydrogen) atoms. The number of aryl methyl sites for hydroxylation is 2. The summed E-state index contributed by atoms with van der Waals surface area (Å²) >= 11 is 0. The van der Waals surface area contributed by atoms with Gasteiger partial charge in [0.15, 0.2) is 0 Å². The van der Waals surface area contributed by atoms with Crippen LogP contribution in [0.4, 0.5) is 21.7 Å². The van der Waals surface area contributed by atoms with Crippen molar-refractivity contribution in [1.82, 2.24) is 15.0 Å². The van der Waals surface area contributed by atoms with Crippen molar-refractivity contribution in [3.8, 4) is 11.1 Å². The van der Waals surface area contributed by atoms with Gasteiger partial charge in [-0.1, -0.05) is 24.3 Å². The number of aromatic nitrogens is 3. The van der Waals surface area contributed by atoms with Gasteiger partial charge in [-0.2, -0.15) is 0 Å². The zero-order chi connectivity index (χ0) is 21.8. The van der Waals surface area contributed by atoms with Gasteiger partial charge in [0, 0.05) is 34.8 Å². The minimum Gasteiger partial charge on any atom is -0.325 e. The first-order valence-electron chi connectivity index (χ1n) is 9.68. The molecule has 7 heteroatoms. The highest BCUT2D eigenvalue weighted by Crippen LogP contribution is 2.24. The Morgan fingerprint density at radius 1 is 0.968 bits per heavy atom. The number of halogens is 1. The Balaban J connectivity index is 1.52. The third kappa shape index (κ3) is 4.72. The van der Waals surface area contributed by atoms with Gasteiger partial charge in [0.05, 0.1) is 11.9 Å². The summed E-state index contributed by atoms with van der Waals surface area (Å²) in [6, 6.07) is 15.2. The standard InChI is InChI=1S/C24H20FN5O/c1-15-7-8-22(28-16(15)2)30-23-12-17(9-10-27-23)24(31)29-19-11-18(13-26-14-19)20-5-3-4-6-21(20)25/h3-14H,1-2H3,(H,29,31)(H,27,28,30). The van der Waals surface area contributed by atoms with E-state index in [0.717, 1.165) is 11.3 Å². The molecule has 1 amide bonds. The number of carbonyl (C=O) groups excluding carboxylic acids is 1. The minimum atomic E-state index is -0.349. The molecule has 3 heterocycles. The van der Waals surface area contributed by atoms with Gasteiger partial charge in [0.2, 0.25) is 0 Å². The van der Waals surface area contributed by atoms with Gasteiger partial charge < -0.3 is 10.6 Å². The fraction of sp³-hybridized carbons (Fsp3) is 0.0833. The first-order chi connectivity index (χ1) is 15.0. The summed E-state index contributed by atoms with van der Waals surface area (Å²) in [5, 5.41) is 5.91. The van der Waals surface area contributed by atoms with E-state index in [0.29, 0.717) is 34.0 Å². The Hall–Kier alpha value is -4.13. The fourth-order valence-electron chi connectivity index (χ4n) is 3.03. The normalized spacial score (nSPS) is 10.5. The van der Waals surface area contributed by atoms with E-state index in [-0.39, 0.29) is 11.7 Å². The van der Waals surface area contributed by atoms with Crippen molar-refractivity contribution >= 4 is 23.2 Å². The maximum Gasteiger partial charge on any atom is 0.255 e. The number of anilines is 3. The predicted octanol–water partition coefficient (Wildman–Crippen LogP) is 5.29. The van der Waals surface area contributed by atoms with Crippen LogP contribution in [0.1, 0.15) is 21.6 Å². The number of benzene rings is 1. The predicted molar refractivity (Wildman–Crippen MR) is 119 cm³/mol. The molecule has 1 aromatic carbocycles. The van der Waals surface area contributed by atoms with E-state index in [9.17, 15) is 9.18 Å². The Kier molecular flexibility index (Phi) is 5.66. The molecule has 4 aromatic rings. The largest absolute Gasteiger partial charge is 0.325 e. The Bertz CT molecular complexity index is 1260. The summed E-state index contributed by atoms with van der Waals surface area (Å²) in [6.45, 7) is 3.92. The molecule has 0 atom stereocenters. The first kappa shape index (κ1) is 20.2. The third-order valence-electron chi connectivity index (χ3n) is 4.81. The van der Waals surface area contributed by atoms with Crippen LogP contribution in [-0.2, 0) is 0 Å². The molecule has 0 radical (unpaired) electrons. The van der Waals surface area contributed by atoms with Crippen molar-refractivity contribution < 1.29 is 9.18 Å². The van der Waals surface area contributed by atoms with Crippen LogP contribution >= 0.6 is 0 Å². The minimum absolute atomic E-state index is 0.328. The lowest BCUT2D eigenvalue weighted by Crippen LogP contribution is -2.12. The second-order valence-corrected chi connectivity index (χ2v) is 7.05. The van der Waals surface area contributed by atoms with Gasteiger partial charge in [0.1, 0.15) is 17.5 Å². The monoisotopic (exact) mass is 413 g/mol. The number of amides is 1. The van der Waals surface area contributed by atoms with Gasteiger partial charge in [0.25, 0.3) is 5.91 Å². The smallest absolute Gasteiger partial charge is 0.255 e. The van der Waals surface area contributed by atoms with Gasteiger partial charge in [-0.25, -0.2) is 14.4 Å². The van der Waals surface area contributed by atoms with Crippen molar-refractivity contribution in [2.24, 2.45) is 0 Å². The van der Waals surface area contributed by atoms with Crippen LogP contribution in [0.3, 0.4) is 0 Å². The molecule has 154 valence electrons. The Morgan fingerprint density at radius 2 is 1.81 bits per heavy atom. The van der Waals surface area contributed by atoms with Crippen molar-refractivity contribution in [3.63, 3.8) is 0 Å². The van der Waals surface area contributed by atoms with Gasteiger partial charge in [-0.3, -0.25) is 9.78 Å². The molecule has 0 bridgehead atoms. The summed E-state index contributed by atoms with van der Waals surface area (Å²) in [5.41, 5.74) is 3.89. The van der Waals surface area contributed by atoms with E-state index in [1.807, 2.05) is 26.0 Å². The summed E-state index contributed by atoms with van der Waals surface area (Å²) in [6.07, 6.45) is 4.62. The third-order valence-corrected chi connectivity index (χ3v) is 4.81. The molecule has 0 aliphatic carbocycles. The Morgan fingerprint density at radius 3 is 2.61 bits per heavy atom. The fourth-order valence-corrected chi connectivity index (χ4v) is 3.03.